The monoisotopic (exact) mass is 607 g/mol. The Morgan fingerprint density at radius 3 is 1.70 bits per heavy atom. The molecule has 5 aromatic heterocycles. The summed E-state index contributed by atoms with van der Waals surface area (Å²) in [7, 11) is 0. The van der Waals surface area contributed by atoms with E-state index in [1.807, 2.05) is 30.6 Å². The lowest BCUT2D eigenvalue weighted by molar-refractivity contribution is 0.484. The number of benzene rings is 5. The third kappa shape index (κ3) is 3.75. The zero-order valence-electron chi connectivity index (χ0n) is 26.2. The summed E-state index contributed by atoms with van der Waals surface area (Å²) in [4.78, 5) is 14.7. The van der Waals surface area contributed by atoms with Gasteiger partial charge >= 0.3 is 0 Å². The molecule has 6 heteroatoms. The zero-order chi connectivity index (χ0) is 31.4. The Bertz CT molecular complexity index is 2930. The van der Waals surface area contributed by atoms with E-state index in [0.717, 1.165) is 82.8 Å². The average Bonchev–Trinajstić information content (AvgIpc) is 3.68. The van der Waals surface area contributed by atoms with Crippen LogP contribution >= 0.6 is 0 Å². The topological polar surface area (TPSA) is 56.7 Å². The maximum atomic E-state index is 6.65. The fraction of sp³-hybridized carbons (Fsp3) is 0.0976. The quantitative estimate of drug-likeness (QED) is 0.184. The SMILES string of the molecule is CC(C)(C)c1ccc2c(c1)c1ccc(Oc3ccc4c5cnccc5n5c6ccccc6nc5c4c3)cc1c1nc3ccccc3n21. The summed E-state index contributed by atoms with van der Waals surface area (Å²) in [5, 5.41) is 6.60. The second kappa shape index (κ2) is 9.27. The summed E-state index contributed by atoms with van der Waals surface area (Å²) in [6.07, 6.45) is 3.78. The number of ether oxygens (including phenoxy) is 1. The van der Waals surface area contributed by atoms with Gasteiger partial charge in [0.15, 0.2) is 0 Å². The largest absolute Gasteiger partial charge is 0.457 e. The van der Waals surface area contributed by atoms with Gasteiger partial charge in [-0.15, -0.1) is 0 Å². The number of rotatable bonds is 2. The second-order valence-corrected chi connectivity index (χ2v) is 13.4. The number of nitrogens with zero attached hydrogens (tertiary/aromatic N) is 5. The molecule has 0 aliphatic rings. The minimum absolute atomic E-state index is 0.0269. The second-order valence-electron chi connectivity index (χ2n) is 13.4. The molecular formula is C41H29N5O. The highest BCUT2D eigenvalue weighted by molar-refractivity contribution is 6.15. The lowest BCUT2D eigenvalue weighted by atomic mass is 9.86. The molecule has 6 nitrogen and oxygen atoms in total. The molecule has 10 aromatic rings. The number of fused-ring (bicyclic) bond motifs is 16. The molecule has 5 aromatic carbocycles. The van der Waals surface area contributed by atoms with Gasteiger partial charge in [-0.25, -0.2) is 9.97 Å². The van der Waals surface area contributed by atoms with E-state index in [9.17, 15) is 0 Å². The summed E-state index contributed by atoms with van der Waals surface area (Å²) in [6.45, 7) is 6.78. The summed E-state index contributed by atoms with van der Waals surface area (Å²) >= 11 is 0. The van der Waals surface area contributed by atoms with Gasteiger partial charge in [-0.05, 0) is 101 Å². The van der Waals surface area contributed by atoms with E-state index in [0.29, 0.717) is 0 Å². The van der Waals surface area contributed by atoms with Crippen LogP contribution in [0.5, 0.6) is 11.5 Å². The average molecular weight is 608 g/mol. The summed E-state index contributed by atoms with van der Waals surface area (Å²) in [5.41, 5.74) is 9.47. The highest BCUT2D eigenvalue weighted by Crippen LogP contribution is 2.39. The van der Waals surface area contributed by atoms with Crippen LogP contribution in [-0.2, 0) is 5.41 Å². The van der Waals surface area contributed by atoms with Crippen molar-refractivity contribution in [2.45, 2.75) is 26.2 Å². The zero-order valence-corrected chi connectivity index (χ0v) is 26.2. The predicted molar refractivity (Wildman–Crippen MR) is 192 cm³/mol. The molecule has 10 rings (SSSR count). The molecule has 0 saturated heterocycles. The van der Waals surface area contributed by atoms with Crippen molar-refractivity contribution >= 4 is 76.7 Å². The van der Waals surface area contributed by atoms with Crippen molar-refractivity contribution in [1.29, 1.82) is 0 Å². The fourth-order valence-corrected chi connectivity index (χ4v) is 7.25. The molecule has 0 aliphatic carbocycles. The molecule has 224 valence electrons. The number of imidazole rings is 2. The number of aromatic nitrogens is 5. The molecular weight excluding hydrogens is 578 g/mol. The summed E-state index contributed by atoms with van der Waals surface area (Å²) < 4.78 is 11.2. The van der Waals surface area contributed by atoms with Crippen LogP contribution in [-0.4, -0.2) is 23.8 Å². The molecule has 0 amide bonds. The maximum Gasteiger partial charge on any atom is 0.146 e. The number of hydrogen-bond donors (Lipinski definition) is 0. The first-order chi connectivity index (χ1) is 22.9. The molecule has 0 fully saturated rings. The number of pyridine rings is 3. The van der Waals surface area contributed by atoms with E-state index in [-0.39, 0.29) is 5.41 Å². The van der Waals surface area contributed by atoms with Crippen LogP contribution < -0.4 is 4.74 Å². The van der Waals surface area contributed by atoms with Crippen molar-refractivity contribution in [3.8, 4) is 11.5 Å². The molecule has 5 heterocycles. The van der Waals surface area contributed by atoms with Crippen LogP contribution in [0.15, 0.2) is 122 Å². The van der Waals surface area contributed by atoms with Gasteiger partial charge in [-0.1, -0.05) is 51.1 Å². The third-order valence-electron chi connectivity index (χ3n) is 9.54. The smallest absolute Gasteiger partial charge is 0.146 e. The number of para-hydroxylation sites is 4. The molecule has 0 spiro atoms. The van der Waals surface area contributed by atoms with E-state index >= 15 is 0 Å². The van der Waals surface area contributed by atoms with Crippen LogP contribution in [0.3, 0.4) is 0 Å². The van der Waals surface area contributed by atoms with Crippen LogP contribution in [0.1, 0.15) is 26.3 Å². The van der Waals surface area contributed by atoms with Gasteiger partial charge < -0.3 is 4.74 Å². The lowest BCUT2D eigenvalue weighted by Crippen LogP contribution is -2.10. The van der Waals surface area contributed by atoms with Crippen molar-refractivity contribution < 1.29 is 4.74 Å². The van der Waals surface area contributed by atoms with E-state index in [4.69, 9.17) is 14.7 Å². The number of hydrogen-bond acceptors (Lipinski definition) is 4. The molecule has 0 atom stereocenters. The van der Waals surface area contributed by atoms with Crippen molar-refractivity contribution in [1.82, 2.24) is 23.8 Å². The summed E-state index contributed by atoms with van der Waals surface area (Å²) in [6, 6.07) is 38.1. The van der Waals surface area contributed by atoms with Gasteiger partial charge in [0.1, 0.15) is 22.8 Å². The standard InChI is InChI=1S/C41H29N5O/c1-41(2,3)24-12-17-35-29(20-24)27-15-13-25(21-30(27)39-43-33-8-4-6-10-37(33)45(35)39)47-26-14-16-28-31(22-26)40-44-34-9-5-7-11-38(34)46(40)36-18-19-42-23-32(28)36/h4-23H,1-3H3. The minimum atomic E-state index is 0.0269. The van der Waals surface area contributed by atoms with Gasteiger partial charge in [-0.3, -0.25) is 13.8 Å². The van der Waals surface area contributed by atoms with Gasteiger partial charge in [0.05, 0.1) is 33.1 Å². The Balaban J connectivity index is 1.20. The highest BCUT2D eigenvalue weighted by Gasteiger charge is 2.19. The van der Waals surface area contributed by atoms with Gasteiger partial charge in [0, 0.05) is 33.9 Å². The Hall–Kier alpha value is -6.01. The Morgan fingerprint density at radius 1 is 0.511 bits per heavy atom. The maximum absolute atomic E-state index is 6.65. The Kier molecular flexibility index (Phi) is 5.17. The predicted octanol–water partition coefficient (Wildman–Crippen LogP) is 10.4. The molecule has 0 unspecified atom stereocenters. The van der Waals surface area contributed by atoms with Crippen molar-refractivity contribution in [2.24, 2.45) is 0 Å². The fourth-order valence-electron chi connectivity index (χ4n) is 7.25. The van der Waals surface area contributed by atoms with Gasteiger partial charge in [0.25, 0.3) is 0 Å². The van der Waals surface area contributed by atoms with Crippen molar-refractivity contribution in [2.75, 3.05) is 0 Å². The van der Waals surface area contributed by atoms with Crippen LogP contribution in [0.4, 0.5) is 0 Å². The van der Waals surface area contributed by atoms with Crippen LogP contribution in [0.25, 0.3) is 76.7 Å². The molecule has 0 radical (unpaired) electrons. The van der Waals surface area contributed by atoms with E-state index in [2.05, 4.69) is 126 Å². The highest BCUT2D eigenvalue weighted by atomic mass is 16.5. The van der Waals surface area contributed by atoms with Gasteiger partial charge in [0.2, 0.25) is 0 Å². The molecule has 0 bridgehead atoms. The van der Waals surface area contributed by atoms with Crippen molar-refractivity contribution in [3.05, 3.63) is 127 Å². The van der Waals surface area contributed by atoms with E-state index < -0.39 is 0 Å². The van der Waals surface area contributed by atoms with Gasteiger partial charge in [-0.2, -0.15) is 0 Å². The summed E-state index contributed by atoms with van der Waals surface area (Å²) in [5.74, 6) is 1.50. The Labute approximate surface area is 269 Å². The first-order valence-electron chi connectivity index (χ1n) is 15.9. The normalized spacial score (nSPS) is 12.6. The third-order valence-corrected chi connectivity index (χ3v) is 9.54. The van der Waals surface area contributed by atoms with Crippen LogP contribution in [0, 0.1) is 0 Å². The molecule has 0 aliphatic heterocycles. The Morgan fingerprint density at radius 2 is 1.09 bits per heavy atom. The first kappa shape index (κ1) is 26.2. The lowest BCUT2D eigenvalue weighted by Gasteiger charge is -2.20. The van der Waals surface area contributed by atoms with Crippen LogP contribution in [0.2, 0.25) is 0 Å². The van der Waals surface area contributed by atoms with Crippen molar-refractivity contribution in [3.63, 3.8) is 0 Å². The molecule has 0 N–H and O–H groups in total. The van der Waals surface area contributed by atoms with E-state index in [1.54, 1.807) is 0 Å². The minimum Gasteiger partial charge on any atom is -0.457 e. The molecule has 47 heavy (non-hydrogen) atoms. The molecule has 0 saturated carbocycles. The van der Waals surface area contributed by atoms with E-state index in [1.165, 1.54) is 10.9 Å². The first-order valence-corrected chi connectivity index (χ1v) is 15.9.